The second-order valence-electron chi connectivity index (χ2n) is 6.34. The number of carbonyl (C=O) groups excluding carboxylic acids is 3. The van der Waals surface area contributed by atoms with E-state index >= 15 is 0 Å². The first-order chi connectivity index (χ1) is 14.1. The standard InChI is InChI=1S/C20H28N2O7/c1-15(23)5-7-26-9-11-28-13-14-29-12-10-27-8-6-21-17-4-2-3-16-18(17)20(25)22-19(16)24/h2-4,21H,5-14H2,1H3,(H,22,24,25). The second-order valence-corrected chi connectivity index (χ2v) is 6.34. The van der Waals surface area contributed by atoms with E-state index in [1.54, 1.807) is 18.2 Å². The van der Waals surface area contributed by atoms with Gasteiger partial charge in [-0.2, -0.15) is 0 Å². The van der Waals surface area contributed by atoms with E-state index in [1.165, 1.54) is 6.92 Å². The maximum absolute atomic E-state index is 11.8. The Kier molecular flexibility index (Phi) is 10.3. The number of amides is 2. The van der Waals surface area contributed by atoms with Gasteiger partial charge in [0.25, 0.3) is 11.8 Å². The summed E-state index contributed by atoms with van der Waals surface area (Å²) < 4.78 is 21.5. The van der Waals surface area contributed by atoms with Crippen molar-refractivity contribution in [2.24, 2.45) is 0 Å². The number of Topliss-reactive ketones (excluding diaryl/α,β-unsaturated/α-hetero) is 1. The average molecular weight is 408 g/mol. The van der Waals surface area contributed by atoms with Crippen molar-refractivity contribution in [3.8, 4) is 0 Å². The number of hydrogen-bond acceptors (Lipinski definition) is 8. The number of benzene rings is 1. The Morgan fingerprint density at radius 2 is 1.45 bits per heavy atom. The van der Waals surface area contributed by atoms with E-state index in [-0.39, 0.29) is 17.6 Å². The molecule has 9 heteroatoms. The Balaban J connectivity index is 1.42. The van der Waals surface area contributed by atoms with Crippen molar-refractivity contribution in [2.45, 2.75) is 13.3 Å². The third-order valence-electron chi connectivity index (χ3n) is 4.04. The van der Waals surface area contributed by atoms with Gasteiger partial charge in [0.15, 0.2) is 0 Å². The molecule has 1 heterocycles. The molecule has 0 saturated heterocycles. The maximum Gasteiger partial charge on any atom is 0.261 e. The molecule has 0 unspecified atom stereocenters. The normalized spacial score (nSPS) is 12.7. The minimum absolute atomic E-state index is 0.116. The molecular weight excluding hydrogens is 380 g/mol. The van der Waals surface area contributed by atoms with E-state index in [0.29, 0.717) is 82.6 Å². The molecule has 2 amide bonds. The molecule has 1 aromatic carbocycles. The van der Waals surface area contributed by atoms with Crippen LogP contribution >= 0.6 is 0 Å². The molecule has 1 aliphatic rings. The smallest absolute Gasteiger partial charge is 0.261 e. The highest BCUT2D eigenvalue weighted by molar-refractivity contribution is 6.23. The van der Waals surface area contributed by atoms with E-state index in [0.717, 1.165) is 0 Å². The van der Waals surface area contributed by atoms with Crippen LogP contribution in [-0.4, -0.2) is 77.0 Å². The Bertz CT molecular complexity index is 693. The third kappa shape index (κ3) is 8.28. The summed E-state index contributed by atoms with van der Waals surface area (Å²) in [5.74, 6) is -0.636. The molecule has 0 fully saturated rings. The van der Waals surface area contributed by atoms with Gasteiger partial charge in [0.2, 0.25) is 0 Å². The highest BCUT2D eigenvalue weighted by Crippen LogP contribution is 2.23. The molecule has 0 bridgehead atoms. The quantitative estimate of drug-likeness (QED) is 0.308. The first kappa shape index (κ1) is 23.0. The predicted molar refractivity (Wildman–Crippen MR) is 105 cm³/mol. The number of rotatable bonds is 16. The van der Waals surface area contributed by atoms with Crippen LogP contribution in [0.1, 0.15) is 34.1 Å². The van der Waals surface area contributed by atoms with E-state index in [4.69, 9.17) is 18.9 Å². The number of ether oxygens (including phenoxy) is 4. The van der Waals surface area contributed by atoms with Gasteiger partial charge in [-0.3, -0.25) is 19.7 Å². The van der Waals surface area contributed by atoms with Crippen LogP contribution in [0.25, 0.3) is 0 Å². The molecular formula is C20H28N2O7. The van der Waals surface area contributed by atoms with Crippen molar-refractivity contribution >= 4 is 23.3 Å². The predicted octanol–water partition coefficient (Wildman–Crippen LogP) is 1.03. The van der Waals surface area contributed by atoms with E-state index in [9.17, 15) is 14.4 Å². The Morgan fingerprint density at radius 3 is 2.07 bits per heavy atom. The SMILES string of the molecule is CC(=O)CCOCCOCCOCCOCCNc1cccc2c1C(=O)NC2=O. The Labute approximate surface area is 170 Å². The van der Waals surface area contributed by atoms with Crippen molar-refractivity contribution < 1.29 is 33.3 Å². The summed E-state index contributed by atoms with van der Waals surface area (Å²) in [6, 6.07) is 5.11. The monoisotopic (exact) mass is 408 g/mol. The first-order valence-electron chi connectivity index (χ1n) is 9.62. The number of ketones is 1. The Hall–Kier alpha value is -2.33. The highest BCUT2D eigenvalue weighted by atomic mass is 16.6. The zero-order valence-corrected chi connectivity index (χ0v) is 16.7. The van der Waals surface area contributed by atoms with Gasteiger partial charge in [-0.25, -0.2) is 0 Å². The fourth-order valence-electron chi connectivity index (χ4n) is 2.60. The van der Waals surface area contributed by atoms with Crippen LogP contribution in [0.2, 0.25) is 0 Å². The zero-order valence-electron chi connectivity index (χ0n) is 16.7. The molecule has 0 aromatic heterocycles. The van der Waals surface area contributed by atoms with Gasteiger partial charge >= 0.3 is 0 Å². The minimum atomic E-state index is -0.382. The summed E-state index contributed by atoms with van der Waals surface area (Å²) in [6.45, 7) is 5.68. The molecule has 0 aliphatic carbocycles. The van der Waals surface area contributed by atoms with Gasteiger partial charge < -0.3 is 24.3 Å². The maximum atomic E-state index is 11.8. The van der Waals surface area contributed by atoms with Crippen LogP contribution in [0.3, 0.4) is 0 Å². The van der Waals surface area contributed by atoms with Gasteiger partial charge in [-0.15, -0.1) is 0 Å². The van der Waals surface area contributed by atoms with Gasteiger partial charge in [0.05, 0.1) is 64.0 Å². The van der Waals surface area contributed by atoms with Crippen molar-refractivity contribution in [1.29, 1.82) is 0 Å². The highest BCUT2D eigenvalue weighted by Gasteiger charge is 2.28. The number of anilines is 1. The topological polar surface area (TPSA) is 112 Å². The van der Waals surface area contributed by atoms with Crippen LogP contribution in [0.4, 0.5) is 5.69 Å². The lowest BCUT2D eigenvalue weighted by Crippen LogP contribution is -2.20. The summed E-state index contributed by atoms with van der Waals surface area (Å²) in [7, 11) is 0. The zero-order chi connectivity index (χ0) is 20.9. The van der Waals surface area contributed by atoms with Crippen molar-refractivity contribution in [3.63, 3.8) is 0 Å². The molecule has 0 spiro atoms. The number of nitrogens with one attached hydrogen (secondary N) is 2. The van der Waals surface area contributed by atoms with Crippen LogP contribution in [0.15, 0.2) is 18.2 Å². The fraction of sp³-hybridized carbons (Fsp3) is 0.550. The summed E-state index contributed by atoms with van der Waals surface area (Å²) in [4.78, 5) is 34.2. The van der Waals surface area contributed by atoms with Gasteiger partial charge in [-0.1, -0.05) is 6.07 Å². The van der Waals surface area contributed by atoms with Gasteiger partial charge in [0.1, 0.15) is 5.78 Å². The molecule has 9 nitrogen and oxygen atoms in total. The lowest BCUT2D eigenvalue weighted by atomic mass is 10.1. The van der Waals surface area contributed by atoms with Crippen molar-refractivity contribution in [1.82, 2.24) is 5.32 Å². The van der Waals surface area contributed by atoms with E-state index < -0.39 is 0 Å². The fourth-order valence-corrected chi connectivity index (χ4v) is 2.60. The van der Waals surface area contributed by atoms with Crippen molar-refractivity contribution in [2.75, 3.05) is 64.7 Å². The lowest BCUT2D eigenvalue weighted by Gasteiger charge is -2.10. The Morgan fingerprint density at radius 1 is 0.862 bits per heavy atom. The van der Waals surface area contributed by atoms with Crippen LogP contribution < -0.4 is 10.6 Å². The summed E-state index contributed by atoms with van der Waals surface area (Å²) in [5, 5.41) is 5.40. The summed E-state index contributed by atoms with van der Waals surface area (Å²) in [5.41, 5.74) is 1.39. The number of imide groups is 1. The van der Waals surface area contributed by atoms with Gasteiger partial charge in [-0.05, 0) is 19.1 Å². The summed E-state index contributed by atoms with van der Waals surface area (Å²) >= 11 is 0. The molecule has 0 radical (unpaired) electrons. The molecule has 0 atom stereocenters. The molecule has 1 aliphatic heterocycles. The number of fused-ring (bicyclic) bond motifs is 1. The average Bonchev–Trinajstić information content (AvgIpc) is 2.99. The molecule has 2 N–H and O–H groups in total. The van der Waals surface area contributed by atoms with E-state index in [1.807, 2.05) is 0 Å². The van der Waals surface area contributed by atoms with Gasteiger partial charge in [0, 0.05) is 18.7 Å². The molecule has 0 saturated carbocycles. The summed E-state index contributed by atoms with van der Waals surface area (Å²) in [6.07, 6.45) is 0.432. The number of hydrogen-bond donors (Lipinski definition) is 2. The van der Waals surface area contributed by atoms with Crippen LogP contribution in [0, 0.1) is 0 Å². The first-order valence-corrected chi connectivity index (χ1v) is 9.62. The molecule has 160 valence electrons. The second kappa shape index (κ2) is 13.0. The van der Waals surface area contributed by atoms with E-state index in [2.05, 4.69) is 10.6 Å². The van der Waals surface area contributed by atoms with Crippen LogP contribution in [0.5, 0.6) is 0 Å². The van der Waals surface area contributed by atoms with Crippen LogP contribution in [-0.2, 0) is 23.7 Å². The molecule has 1 aromatic rings. The third-order valence-corrected chi connectivity index (χ3v) is 4.04. The molecule has 29 heavy (non-hydrogen) atoms. The minimum Gasteiger partial charge on any atom is -0.382 e. The largest absolute Gasteiger partial charge is 0.382 e. The number of carbonyl (C=O) groups is 3. The molecule has 2 rings (SSSR count). The lowest BCUT2D eigenvalue weighted by molar-refractivity contribution is -0.118. The van der Waals surface area contributed by atoms with Crippen molar-refractivity contribution in [3.05, 3.63) is 29.3 Å².